The SMILES string of the molecule is Cc1cc(CNc2nc(CC(=O)O)cs2)on1. The number of aromatic nitrogens is 2. The summed E-state index contributed by atoms with van der Waals surface area (Å²) in [6.07, 6.45) is -0.0560. The summed E-state index contributed by atoms with van der Waals surface area (Å²) in [6, 6.07) is 1.83. The van der Waals surface area contributed by atoms with Crippen LogP contribution in [0.5, 0.6) is 0 Å². The monoisotopic (exact) mass is 253 g/mol. The Balaban J connectivity index is 1.91. The summed E-state index contributed by atoms with van der Waals surface area (Å²) >= 11 is 1.37. The van der Waals surface area contributed by atoms with Gasteiger partial charge in [0.15, 0.2) is 10.9 Å². The smallest absolute Gasteiger partial charge is 0.309 e. The molecule has 0 atom stereocenters. The summed E-state index contributed by atoms with van der Waals surface area (Å²) in [7, 11) is 0. The van der Waals surface area contributed by atoms with Crippen molar-refractivity contribution in [2.24, 2.45) is 0 Å². The molecule has 2 rings (SSSR count). The van der Waals surface area contributed by atoms with E-state index < -0.39 is 5.97 Å². The van der Waals surface area contributed by atoms with E-state index in [-0.39, 0.29) is 6.42 Å². The van der Waals surface area contributed by atoms with E-state index in [4.69, 9.17) is 9.63 Å². The number of nitrogens with zero attached hydrogens (tertiary/aromatic N) is 2. The molecule has 0 aromatic carbocycles. The third-order valence-corrected chi connectivity index (χ3v) is 2.82. The highest BCUT2D eigenvalue weighted by Gasteiger charge is 2.06. The lowest BCUT2D eigenvalue weighted by molar-refractivity contribution is -0.136. The molecule has 0 aliphatic carbocycles. The maximum atomic E-state index is 10.5. The zero-order valence-electron chi connectivity index (χ0n) is 9.14. The van der Waals surface area contributed by atoms with E-state index >= 15 is 0 Å². The first kappa shape index (κ1) is 11.6. The summed E-state index contributed by atoms with van der Waals surface area (Å²) in [5.74, 6) is -0.162. The van der Waals surface area contributed by atoms with Crippen LogP contribution in [0.15, 0.2) is 16.0 Å². The Morgan fingerprint density at radius 1 is 1.65 bits per heavy atom. The lowest BCUT2D eigenvalue weighted by Crippen LogP contribution is -2.01. The Morgan fingerprint density at radius 3 is 3.12 bits per heavy atom. The Morgan fingerprint density at radius 2 is 2.47 bits per heavy atom. The van der Waals surface area contributed by atoms with Gasteiger partial charge >= 0.3 is 5.97 Å². The van der Waals surface area contributed by atoms with Crippen LogP contribution in [-0.4, -0.2) is 21.2 Å². The van der Waals surface area contributed by atoms with E-state index in [0.717, 1.165) is 11.5 Å². The highest BCUT2D eigenvalue weighted by molar-refractivity contribution is 7.13. The van der Waals surface area contributed by atoms with Gasteiger partial charge in [-0.15, -0.1) is 11.3 Å². The van der Waals surface area contributed by atoms with E-state index in [1.54, 1.807) is 5.38 Å². The van der Waals surface area contributed by atoms with Gasteiger partial charge in [-0.05, 0) is 6.92 Å². The second-order valence-corrected chi connectivity index (χ2v) is 4.36. The lowest BCUT2D eigenvalue weighted by Gasteiger charge is -1.97. The van der Waals surface area contributed by atoms with Crippen LogP contribution < -0.4 is 5.32 Å². The van der Waals surface area contributed by atoms with Gasteiger partial charge in [0.25, 0.3) is 0 Å². The maximum Gasteiger partial charge on any atom is 0.309 e. The molecule has 2 aromatic rings. The second-order valence-electron chi connectivity index (χ2n) is 3.50. The molecule has 0 aliphatic heterocycles. The molecule has 0 fully saturated rings. The molecule has 0 unspecified atom stereocenters. The molecule has 17 heavy (non-hydrogen) atoms. The fourth-order valence-electron chi connectivity index (χ4n) is 1.29. The summed E-state index contributed by atoms with van der Waals surface area (Å²) < 4.78 is 5.03. The van der Waals surface area contributed by atoms with Crippen molar-refractivity contribution in [3.8, 4) is 0 Å². The van der Waals surface area contributed by atoms with E-state index in [1.165, 1.54) is 11.3 Å². The molecule has 0 saturated carbocycles. The molecule has 90 valence electrons. The van der Waals surface area contributed by atoms with Gasteiger partial charge in [-0.25, -0.2) is 4.98 Å². The highest BCUT2D eigenvalue weighted by Crippen LogP contribution is 2.17. The van der Waals surface area contributed by atoms with Gasteiger partial charge in [0, 0.05) is 11.4 Å². The van der Waals surface area contributed by atoms with Gasteiger partial charge in [0.1, 0.15) is 0 Å². The second kappa shape index (κ2) is 4.96. The van der Waals surface area contributed by atoms with Crippen molar-refractivity contribution >= 4 is 22.4 Å². The summed E-state index contributed by atoms with van der Waals surface area (Å²) in [4.78, 5) is 14.6. The standard InChI is InChI=1S/C10H11N3O3S/c1-6-2-8(16-13-6)4-11-10-12-7(5-17-10)3-9(14)15/h2,5H,3-4H2,1H3,(H,11,12)(H,14,15). The molecular formula is C10H11N3O3S. The van der Waals surface area contributed by atoms with Crippen molar-refractivity contribution in [2.75, 3.05) is 5.32 Å². The Bertz CT molecular complexity index is 520. The Hall–Kier alpha value is -1.89. The number of aliphatic carboxylic acids is 1. The number of carbonyl (C=O) groups is 1. The number of aryl methyl sites for hydroxylation is 1. The molecule has 0 bridgehead atoms. The van der Waals surface area contributed by atoms with E-state index in [9.17, 15) is 4.79 Å². The van der Waals surface area contributed by atoms with E-state index in [2.05, 4.69) is 15.5 Å². The van der Waals surface area contributed by atoms with Gasteiger partial charge in [0.2, 0.25) is 0 Å². The fraction of sp³-hybridized carbons (Fsp3) is 0.300. The molecule has 0 amide bonds. The average Bonchev–Trinajstić information content (AvgIpc) is 2.84. The first-order chi connectivity index (χ1) is 8.13. The summed E-state index contributed by atoms with van der Waals surface area (Å²) in [5, 5.41) is 17.8. The van der Waals surface area contributed by atoms with Gasteiger partial charge in [-0.3, -0.25) is 4.79 Å². The highest BCUT2D eigenvalue weighted by atomic mass is 32.1. The van der Waals surface area contributed by atoms with Crippen molar-refractivity contribution in [1.82, 2.24) is 10.1 Å². The maximum absolute atomic E-state index is 10.5. The Kier molecular flexibility index (Phi) is 3.38. The molecule has 0 aliphatic rings. The van der Waals surface area contributed by atoms with Crippen LogP contribution in [0.4, 0.5) is 5.13 Å². The van der Waals surface area contributed by atoms with Crippen molar-refractivity contribution in [1.29, 1.82) is 0 Å². The summed E-state index contributed by atoms with van der Waals surface area (Å²) in [5.41, 5.74) is 1.38. The van der Waals surface area contributed by atoms with Gasteiger partial charge in [-0.1, -0.05) is 5.16 Å². The van der Waals surface area contributed by atoms with Crippen LogP contribution in [0.25, 0.3) is 0 Å². The number of carboxylic acid groups (broad SMARTS) is 1. The predicted octanol–water partition coefficient (Wildman–Crippen LogP) is 1.68. The van der Waals surface area contributed by atoms with Crippen LogP contribution >= 0.6 is 11.3 Å². The normalized spacial score (nSPS) is 10.4. The van der Waals surface area contributed by atoms with E-state index in [1.807, 2.05) is 13.0 Å². The molecule has 2 heterocycles. The fourth-order valence-corrected chi connectivity index (χ4v) is 2.00. The van der Waals surface area contributed by atoms with Gasteiger partial charge in [-0.2, -0.15) is 0 Å². The number of rotatable bonds is 5. The molecule has 2 N–H and O–H groups in total. The van der Waals surface area contributed by atoms with Crippen LogP contribution in [0.1, 0.15) is 17.1 Å². The van der Waals surface area contributed by atoms with Crippen molar-refractivity contribution in [3.63, 3.8) is 0 Å². The topological polar surface area (TPSA) is 88.2 Å². The molecular weight excluding hydrogens is 242 g/mol. The van der Waals surface area contributed by atoms with Crippen LogP contribution in [0, 0.1) is 6.92 Å². The minimum Gasteiger partial charge on any atom is -0.481 e. The lowest BCUT2D eigenvalue weighted by atomic mass is 10.3. The molecule has 7 heteroatoms. The number of hydrogen-bond donors (Lipinski definition) is 2. The summed E-state index contributed by atoms with van der Waals surface area (Å²) in [6.45, 7) is 2.34. The predicted molar refractivity (Wildman–Crippen MR) is 62.0 cm³/mol. The number of nitrogens with one attached hydrogen (secondary N) is 1. The molecule has 0 spiro atoms. The number of thiazole rings is 1. The minimum atomic E-state index is -0.882. The van der Waals surface area contributed by atoms with Crippen molar-refractivity contribution in [3.05, 3.63) is 28.6 Å². The average molecular weight is 253 g/mol. The quantitative estimate of drug-likeness (QED) is 0.842. The van der Waals surface area contributed by atoms with Crippen molar-refractivity contribution < 1.29 is 14.4 Å². The zero-order valence-corrected chi connectivity index (χ0v) is 9.95. The number of anilines is 1. The molecule has 2 aromatic heterocycles. The van der Waals surface area contributed by atoms with Crippen LogP contribution in [0.2, 0.25) is 0 Å². The Labute approximate surface area is 101 Å². The minimum absolute atomic E-state index is 0.0560. The van der Waals surface area contributed by atoms with Crippen LogP contribution in [-0.2, 0) is 17.8 Å². The first-order valence-corrected chi connectivity index (χ1v) is 5.83. The van der Waals surface area contributed by atoms with Gasteiger partial charge in [0.05, 0.1) is 24.4 Å². The molecule has 6 nitrogen and oxygen atoms in total. The largest absolute Gasteiger partial charge is 0.481 e. The third-order valence-electron chi connectivity index (χ3n) is 1.97. The zero-order chi connectivity index (χ0) is 12.3. The third kappa shape index (κ3) is 3.28. The molecule has 0 radical (unpaired) electrons. The number of hydrogen-bond acceptors (Lipinski definition) is 6. The first-order valence-electron chi connectivity index (χ1n) is 4.96. The van der Waals surface area contributed by atoms with Crippen molar-refractivity contribution in [2.45, 2.75) is 19.9 Å². The van der Waals surface area contributed by atoms with Gasteiger partial charge < -0.3 is 14.9 Å². The molecule has 0 saturated heterocycles. The van der Waals surface area contributed by atoms with E-state index in [0.29, 0.717) is 17.4 Å². The van der Waals surface area contributed by atoms with Crippen LogP contribution in [0.3, 0.4) is 0 Å². The number of carboxylic acids is 1.